The van der Waals surface area contributed by atoms with Crippen molar-refractivity contribution in [2.45, 2.75) is 25.8 Å². The minimum absolute atomic E-state index is 0.0224. The highest BCUT2D eigenvalue weighted by atomic mass is 16.5. The summed E-state index contributed by atoms with van der Waals surface area (Å²) in [6.07, 6.45) is 5.33. The zero-order valence-corrected chi connectivity index (χ0v) is 22.1. The number of carbonyl (C=O) groups excluding carboxylic acids is 3. The van der Waals surface area contributed by atoms with E-state index in [1.807, 2.05) is 0 Å². The number of nitrogens with zero attached hydrogens (tertiary/aromatic N) is 4. The SMILES string of the molecule is COc1cc(NC(=O)c2c3c(nn2C)CCN(C(=O)c2ccc(NC(=O)C4CC4)cc2)C3)ccc1-c1cnco1. The van der Waals surface area contributed by atoms with E-state index in [0.29, 0.717) is 52.7 Å². The molecule has 11 heteroatoms. The first-order valence-corrected chi connectivity index (χ1v) is 13.0. The fourth-order valence-electron chi connectivity index (χ4n) is 4.94. The molecule has 204 valence electrons. The monoisotopic (exact) mass is 540 g/mol. The largest absolute Gasteiger partial charge is 0.496 e. The van der Waals surface area contributed by atoms with Crippen LogP contribution in [0.5, 0.6) is 5.75 Å². The Morgan fingerprint density at radius 3 is 2.52 bits per heavy atom. The maximum Gasteiger partial charge on any atom is 0.274 e. The second-order valence-corrected chi connectivity index (χ2v) is 9.95. The Kier molecular flexibility index (Phi) is 6.54. The van der Waals surface area contributed by atoms with E-state index in [2.05, 4.69) is 20.7 Å². The van der Waals surface area contributed by atoms with Crippen LogP contribution in [-0.4, -0.2) is 51.0 Å². The summed E-state index contributed by atoms with van der Waals surface area (Å²) in [6.45, 7) is 0.753. The third-order valence-electron chi connectivity index (χ3n) is 7.20. The van der Waals surface area contributed by atoms with Crippen LogP contribution in [0.2, 0.25) is 0 Å². The van der Waals surface area contributed by atoms with Crippen molar-refractivity contribution in [1.29, 1.82) is 0 Å². The summed E-state index contributed by atoms with van der Waals surface area (Å²) in [4.78, 5) is 44.4. The molecule has 1 aliphatic heterocycles. The lowest BCUT2D eigenvalue weighted by Gasteiger charge is -2.27. The maximum absolute atomic E-state index is 13.4. The number of aromatic nitrogens is 3. The molecule has 1 aliphatic carbocycles. The molecule has 0 spiro atoms. The van der Waals surface area contributed by atoms with Crippen molar-refractivity contribution in [2.75, 3.05) is 24.3 Å². The van der Waals surface area contributed by atoms with E-state index in [1.54, 1.807) is 72.4 Å². The number of benzene rings is 2. The van der Waals surface area contributed by atoms with Crippen LogP contribution in [0.1, 0.15) is 44.9 Å². The van der Waals surface area contributed by atoms with Gasteiger partial charge in [0.15, 0.2) is 12.2 Å². The number of oxazole rings is 1. The third kappa shape index (κ3) is 4.93. The molecule has 2 aliphatic rings. The van der Waals surface area contributed by atoms with Crippen molar-refractivity contribution in [2.24, 2.45) is 13.0 Å². The van der Waals surface area contributed by atoms with Gasteiger partial charge in [-0.05, 0) is 49.2 Å². The summed E-state index contributed by atoms with van der Waals surface area (Å²) in [7, 11) is 3.27. The van der Waals surface area contributed by atoms with Gasteiger partial charge in [-0.2, -0.15) is 5.10 Å². The fourth-order valence-corrected chi connectivity index (χ4v) is 4.94. The Morgan fingerprint density at radius 1 is 1.05 bits per heavy atom. The molecule has 0 bridgehead atoms. The molecule has 0 radical (unpaired) electrons. The maximum atomic E-state index is 13.4. The first kappa shape index (κ1) is 25.4. The highest BCUT2D eigenvalue weighted by molar-refractivity contribution is 6.05. The van der Waals surface area contributed by atoms with Gasteiger partial charge in [-0.25, -0.2) is 4.98 Å². The first-order valence-electron chi connectivity index (χ1n) is 13.0. The number of hydrogen-bond donors (Lipinski definition) is 2. The average molecular weight is 541 g/mol. The van der Waals surface area contributed by atoms with Gasteiger partial charge >= 0.3 is 0 Å². The number of aryl methyl sites for hydroxylation is 1. The third-order valence-corrected chi connectivity index (χ3v) is 7.20. The fraction of sp³-hybridized carbons (Fsp3) is 0.276. The first-order chi connectivity index (χ1) is 19.4. The van der Waals surface area contributed by atoms with E-state index in [0.717, 1.165) is 24.1 Å². The average Bonchev–Trinajstić information content (AvgIpc) is 3.57. The summed E-state index contributed by atoms with van der Waals surface area (Å²) in [5.41, 5.74) is 4.35. The van der Waals surface area contributed by atoms with Gasteiger partial charge < -0.3 is 24.7 Å². The molecule has 6 rings (SSSR count). The molecule has 1 fully saturated rings. The standard InChI is InChI=1S/C29H28N6O5/c1-34-26(28(37)32-20-9-10-21(24(13-20)39-2)25-14-30-16-40-25)22-15-35(12-11-23(22)33-34)29(38)18-5-7-19(8-6-18)31-27(36)17-3-4-17/h5-10,13-14,16-17H,3-4,11-12,15H2,1-2H3,(H,31,36)(H,32,37). The Hall–Kier alpha value is -4.93. The van der Waals surface area contributed by atoms with Crippen LogP contribution in [0.15, 0.2) is 59.5 Å². The molecule has 0 unspecified atom stereocenters. The van der Waals surface area contributed by atoms with Crippen molar-refractivity contribution in [1.82, 2.24) is 19.7 Å². The van der Waals surface area contributed by atoms with Crippen molar-refractivity contribution < 1.29 is 23.5 Å². The van der Waals surface area contributed by atoms with Crippen LogP contribution in [-0.2, 0) is 24.8 Å². The predicted octanol–water partition coefficient (Wildman–Crippen LogP) is 3.88. The molecule has 2 aromatic heterocycles. The van der Waals surface area contributed by atoms with Gasteiger partial charge in [-0.1, -0.05) is 0 Å². The smallest absolute Gasteiger partial charge is 0.274 e. The zero-order valence-electron chi connectivity index (χ0n) is 22.1. The van der Waals surface area contributed by atoms with Gasteiger partial charge in [0.1, 0.15) is 11.4 Å². The number of amides is 3. The molecule has 2 N–H and O–H groups in total. The van der Waals surface area contributed by atoms with Crippen LogP contribution in [0, 0.1) is 5.92 Å². The van der Waals surface area contributed by atoms with Crippen LogP contribution in [0.25, 0.3) is 11.3 Å². The van der Waals surface area contributed by atoms with Gasteiger partial charge in [-0.15, -0.1) is 0 Å². The number of carbonyl (C=O) groups is 3. The van der Waals surface area contributed by atoms with Crippen LogP contribution in [0.4, 0.5) is 11.4 Å². The zero-order chi connectivity index (χ0) is 27.8. The molecule has 2 aromatic carbocycles. The van der Waals surface area contributed by atoms with Crippen molar-refractivity contribution in [3.05, 3.63) is 77.6 Å². The van der Waals surface area contributed by atoms with E-state index in [9.17, 15) is 14.4 Å². The molecule has 40 heavy (non-hydrogen) atoms. The van der Waals surface area contributed by atoms with E-state index in [4.69, 9.17) is 9.15 Å². The lowest BCUT2D eigenvalue weighted by Crippen LogP contribution is -2.36. The number of hydrogen-bond acceptors (Lipinski definition) is 7. The summed E-state index contributed by atoms with van der Waals surface area (Å²) >= 11 is 0. The number of methoxy groups -OCH3 is 1. The highest BCUT2D eigenvalue weighted by Gasteiger charge is 2.31. The Morgan fingerprint density at radius 2 is 1.82 bits per heavy atom. The topological polar surface area (TPSA) is 132 Å². The van der Waals surface area contributed by atoms with Gasteiger partial charge in [0.2, 0.25) is 5.91 Å². The molecule has 1 saturated carbocycles. The van der Waals surface area contributed by atoms with Gasteiger partial charge in [0, 0.05) is 54.5 Å². The van der Waals surface area contributed by atoms with E-state index < -0.39 is 0 Å². The number of ether oxygens (including phenoxy) is 1. The molecule has 4 aromatic rings. The molecular weight excluding hydrogens is 512 g/mol. The second-order valence-electron chi connectivity index (χ2n) is 9.95. The quantitative estimate of drug-likeness (QED) is 0.364. The second kappa shape index (κ2) is 10.3. The number of fused-ring (bicyclic) bond motifs is 1. The normalized spacial score (nSPS) is 14.4. The van der Waals surface area contributed by atoms with Crippen molar-refractivity contribution >= 4 is 29.1 Å². The molecule has 11 nitrogen and oxygen atoms in total. The Balaban J connectivity index is 1.17. The van der Waals surface area contributed by atoms with Crippen molar-refractivity contribution in [3.63, 3.8) is 0 Å². The number of rotatable bonds is 7. The summed E-state index contributed by atoms with van der Waals surface area (Å²) in [6, 6.07) is 12.2. The highest BCUT2D eigenvalue weighted by Crippen LogP contribution is 2.33. The summed E-state index contributed by atoms with van der Waals surface area (Å²) in [5, 5.41) is 10.4. The minimum atomic E-state index is -0.337. The molecule has 0 saturated heterocycles. The van der Waals surface area contributed by atoms with E-state index in [1.165, 1.54) is 6.39 Å². The lowest BCUT2D eigenvalue weighted by molar-refractivity contribution is -0.117. The van der Waals surface area contributed by atoms with Crippen molar-refractivity contribution in [3.8, 4) is 17.1 Å². The number of anilines is 2. The van der Waals surface area contributed by atoms with E-state index in [-0.39, 0.29) is 30.2 Å². The Bertz CT molecular complexity index is 1590. The Labute approximate surface area is 230 Å². The summed E-state index contributed by atoms with van der Waals surface area (Å²) < 4.78 is 12.4. The molecule has 3 amide bonds. The van der Waals surface area contributed by atoms with Crippen LogP contribution < -0.4 is 15.4 Å². The van der Waals surface area contributed by atoms with E-state index >= 15 is 0 Å². The molecular formula is C29H28N6O5. The van der Waals surface area contributed by atoms with Gasteiger partial charge in [-0.3, -0.25) is 19.1 Å². The van der Waals surface area contributed by atoms with Gasteiger partial charge in [0.05, 0.1) is 31.1 Å². The molecule has 0 atom stereocenters. The van der Waals surface area contributed by atoms with Gasteiger partial charge in [0.25, 0.3) is 11.8 Å². The summed E-state index contributed by atoms with van der Waals surface area (Å²) in [5.74, 6) is 0.725. The predicted molar refractivity (Wildman–Crippen MR) is 146 cm³/mol. The van der Waals surface area contributed by atoms with Crippen LogP contribution >= 0.6 is 0 Å². The van der Waals surface area contributed by atoms with Crippen LogP contribution in [0.3, 0.4) is 0 Å². The number of nitrogens with one attached hydrogen (secondary N) is 2. The molecule has 3 heterocycles. The lowest BCUT2D eigenvalue weighted by atomic mass is 10.0. The minimum Gasteiger partial charge on any atom is -0.496 e.